The van der Waals surface area contributed by atoms with Crippen molar-refractivity contribution in [1.82, 2.24) is 4.57 Å². The van der Waals surface area contributed by atoms with E-state index in [4.69, 9.17) is 9.47 Å². The number of hydrogen-bond acceptors (Lipinski definition) is 3. The van der Waals surface area contributed by atoms with Crippen LogP contribution >= 0.6 is 15.9 Å². The van der Waals surface area contributed by atoms with Crippen molar-refractivity contribution in [3.63, 3.8) is 0 Å². The van der Waals surface area contributed by atoms with Crippen LogP contribution in [0.5, 0.6) is 5.75 Å². The number of carbonyl (C=O) groups excluding carboxylic acids is 1. The molecule has 0 amide bonds. The molecule has 3 rings (SSSR count). The highest BCUT2D eigenvalue weighted by Gasteiger charge is 2.22. The Hall–Kier alpha value is -2.27. The van der Waals surface area contributed by atoms with E-state index in [1.54, 1.807) is 0 Å². The normalized spacial score (nSPS) is 10.9. The van der Waals surface area contributed by atoms with E-state index in [1.807, 2.05) is 63.2 Å². The first kappa shape index (κ1) is 17.5. The smallest absolute Gasteiger partial charge is 0.340 e. The average molecular weight is 402 g/mol. The van der Waals surface area contributed by atoms with Gasteiger partial charge in [0.2, 0.25) is 0 Å². The Kier molecular flexibility index (Phi) is 5.13. The van der Waals surface area contributed by atoms with Crippen LogP contribution in [0.4, 0.5) is 0 Å². The van der Waals surface area contributed by atoms with Gasteiger partial charge in [-0.15, -0.1) is 0 Å². The van der Waals surface area contributed by atoms with E-state index < -0.39 is 0 Å². The zero-order chi connectivity index (χ0) is 18.0. The number of hydrogen-bond donors (Lipinski definition) is 0. The topological polar surface area (TPSA) is 40.5 Å². The molecule has 0 aliphatic rings. The highest BCUT2D eigenvalue weighted by molar-refractivity contribution is 9.10. The van der Waals surface area contributed by atoms with Crippen molar-refractivity contribution in [2.75, 3.05) is 13.2 Å². The molecule has 0 saturated heterocycles. The largest absolute Gasteiger partial charge is 0.494 e. The monoisotopic (exact) mass is 401 g/mol. The number of carbonyl (C=O) groups is 1. The van der Waals surface area contributed by atoms with E-state index in [1.165, 1.54) is 0 Å². The molecule has 130 valence electrons. The predicted molar refractivity (Wildman–Crippen MR) is 103 cm³/mol. The molecule has 0 spiro atoms. The second-order valence-electron chi connectivity index (χ2n) is 5.61. The Morgan fingerprint density at radius 3 is 2.60 bits per heavy atom. The number of aromatic nitrogens is 1. The van der Waals surface area contributed by atoms with Crippen LogP contribution in [0.15, 0.2) is 46.9 Å². The Morgan fingerprint density at radius 2 is 1.92 bits per heavy atom. The van der Waals surface area contributed by atoms with Crippen LogP contribution in [0.1, 0.15) is 29.9 Å². The summed E-state index contributed by atoms with van der Waals surface area (Å²) in [6.07, 6.45) is 0. The van der Waals surface area contributed by atoms with Gasteiger partial charge in [0.15, 0.2) is 0 Å². The average Bonchev–Trinajstić information content (AvgIpc) is 2.86. The minimum absolute atomic E-state index is 0.313. The second-order valence-corrected chi connectivity index (χ2v) is 6.52. The molecule has 0 aliphatic carbocycles. The van der Waals surface area contributed by atoms with Crippen LogP contribution in [0.3, 0.4) is 0 Å². The lowest BCUT2D eigenvalue weighted by Gasteiger charge is -2.09. The predicted octanol–water partition coefficient (Wildman–Crippen LogP) is 5.28. The van der Waals surface area contributed by atoms with Gasteiger partial charge in [0.1, 0.15) is 5.75 Å². The fourth-order valence-electron chi connectivity index (χ4n) is 3.06. The summed E-state index contributed by atoms with van der Waals surface area (Å²) in [5.41, 5.74) is 3.36. The van der Waals surface area contributed by atoms with Gasteiger partial charge in [-0.1, -0.05) is 22.0 Å². The van der Waals surface area contributed by atoms with Crippen LogP contribution in [-0.2, 0) is 4.74 Å². The fourth-order valence-corrected chi connectivity index (χ4v) is 3.45. The molecule has 0 saturated carbocycles. The Morgan fingerprint density at radius 1 is 1.12 bits per heavy atom. The summed E-state index contributed by atoms with van der Waals surface area (Å²) in [5, 5.41) is 0.835. The molecule has 1 heterocycles. The highest BCUT2D eigenvalue weighted by atomic mass is 79.9. The highest BCUT2D eigenvalue weighted by Crippen LogP contribution is 2.33. The van der Waals surface area contributed by atoms with Crippen molar-refractivity contribution in [2.24, 2.45) is 0 Å². The molecule has 0 radical (unpaired) electrons. The second kappa shape index (κ2) is 7.31. The van der Waals surface area contributed by atoms with Gasteiger partial charge in [-0.2, -0.15) is 0 Å². The van der Waals surface area contributed by atoms with Gasteiger partial charge in [-0.25, -0.2) is 4.79 Å². The Balaban J connectivity index is 2.30. The number of benzene rings is 2. The molecular weight excluding hydrogens is 382 g/mol. The van der Waals surface area contributed by atoms with Gasteiger partial charge < -0.3 is 14.0 Å². The van der Waals surface area contributed by atoms with Crippen molar-refractivity contribution in [1.29, 1.82) is 0 Å². The van der Waals surface area contributed by atoms with Gasteiger partial charge in [0.05, 0.1) is 24.3 Å². The first-order chi connectivity index (χ1) is 12.1. The number of ether oxygens (including phenoxy) is 2. The Labute approximate surface area is 155 Å². The van der Waals surface area contributed by atoms with Crippen molar-refractivity contribution in [3.05, 3.63) is 58.2 Å². The maximum atomic E-state index is 12.6. The van der Waals surface area contributed by atoms with Crippen LogP contribution in [0.25, 0.3) is 16.6 Å². The summed E-state index contributed by atoms with van der Waals surface area (Å²) < 4.78 is 14.0. The third-order valence-electron chi connectivity index (χ3n) is 4.03. The van der Waals surface area contributed by atoms with E-state index in [-0.39, 0.29) is 5.97 Å². The van der Waals surface area contributed by atoms with Gasteiger partial charge in [0, 0.05) is 21.2 Å². The van der Waals surface area contributed by atoms with E-state index in [9.17, 15) is 4.79 Å². The van der Waals surface area contributed by atoms with E-state index in [0.717, 1.165) is 32.5 Å². The molecule has 0 bridgehead atoms. The lowest BCUT2D eigenvalue weighted by atomic mass is 10.1. The zero-order valence-electron chi connectivity index (χ0n) is 14.5. The van der Waals surface area contributed by atoms with Crippen LogP contribution in [0, 0.1) is 6.92 Å². The molecule has 25 heavy (non-hydrogen) atoms. The van der Waals surface area contributed by atoms with Crippen molar-refractivity contribution in [2.45, 2.75) is 20.8 Å². The van der Waals surface area contributed by atoms with Crippen LogP contribution in [-0.4, -0.2) is 23.8 Å². The first-order valence-electron chi connectivity index (χ1n) is 8.27. The van der Waals surface area contributed by atoms with Crippen LogP contribution < -0.4 is 4.74 Å². The summed E-state index contributed by atoms with van der Waals surface area (Å²) in [6, 6.07) is 13.8. The SMILES string of the molecule is CCOC(=O)c1c(C)n(-c2cccc(Br)c2)c2ccc(OCC)cc12. The number of nitrogens with zero attached hydrogens (tertiary/aromatic N) is 1. The van der Waals surface area contributed by atoms with Crippen molar-refractivity contribution in [3.8, 4) is 11.4 Å². The molecule has 1 aromatic heterocycles. The number of esters is 1. The molecular formula is C20H20BrNO3. The van der Waals surface area contributed by atoms with Crippen LogP contribution in [0.2, 0.25) is 0 Å². The third-order valence-corrected chi connectivity index (χ3v) is 4.53. The molecule has 0 aliphatic heterocycles. The van der Waals surface area contributed by atoms with E-state index in [0.29, 0.717) is 18.8 Å². The minimum atomic E-state index is -0.313. The zero-order valence-corrected chi connectivity index (χ0v) is 16.1. The molecule has 4 nitrogen and oxygen atoms in total. The molecule has 0 unspecified atom stereocenters. The molecule has 3 aromatic rings. The van der Waals surface area contributed by atoms with Gasteiger partial charge in [0.25, 0.3) is 0 Å². The van der Waals surface area contributed by atoms with Gasteiger partial charge >= 0.3 is 5.97 Å². The minimum Gasteiger partial charge on any atom is -0.494 e. The Bertz CT molecular complexity index is 930. The summed E-state index contributed by atoms with van der Waals surface area (Å²) in [5.74, 6) is 0.430. The van der Waals surface area contributed by atoms with Crippen molar-refractivity contribution < 1.29 is 14.3 Å². The maximum absolute atomic E-state index is 12.6. The van der Waals surface area contributed by atoms with E-state index >= 15 is 0 Å². The van der Waals surface area contributed by atoms with E-state index in [2.05, 4.69) is 20.5 Å². The maximum Gasteiger partial charge on any atom is 0.340 e. The standard InChI is InChI=1S/C20H20BrNO3/c1-4-24-16-9-10-18-17(12-16)19(20(23)25-5-2)13(3)22(18)15-8-6-7-14(21)11-15/h6-12H,4-5H2,1-3H3. The number of rotatable bonds is 5. The molecule has 0 fully saturated rings. The molecule has 0 N–H and O–H groups in total. The summed E-state index contributed by atoms with van der Waals surface area (Å²) in [4.78, 5) is 12.6. The third kappa shape index (κ3) is 3.29. The first-order valence-corrected chi connectivity index (χ1v) is 9.07. The lowest BCUT2D eigenvalue weighted by molar-refractivity contribution is 0.0527. The van der Waals surface area contributed by atoms with Gasteiger partial charge in [-0.3, -0.25) is 0 Å². The summed E-state index contributed by atoms with van der Waals surface area (Å²) >= 11 is 3.52. The van der Waals surface area contributed by atoms with Crippen molar-refractivity contribution >= 4 is 32.8 Å². The summed E-state index contributed by atoms with van der Waals surface area (Å²) in [6.45, 7) is 6.60. The molecule has 5 heteroatoms. The number of halogens is 1. The lowest BCUT2D eigenvalue weighted by Crippen LogP contribution is -2.07. The molecule has 2 aromatic carbocycles. The molecule has 0 atom stereocenters. The van der Waals surface area contributed by atoms with Gasteiger partial charge in [-0.05, 0) is 57.2 Å². The number of fused-ring (bicyclic) bond motifs is 1. The quantitative estimate of drug-likeness (QED) is 0.546. The summed E-state index contributed by atoms with van der Waals surface area (Å²) in [7, 11) is 0. The fraction of sp³-hybridized carbons (Fsp3) is 0.250.